The second-order valence-corrected chi connectivity index (χ2v) is 4.75. The summed E-state index contributed by atoms with van der Waals surface area (Å²) in [6, 6.07) is -0.0640. The van der Waals surface area contributed by atoms with Crippen LogP contribution in [0.2, 0.25) is 0 Å². The van der Waals surface area contributed by atoms with Gasteiger partial charge in [-0.15, -0.1) is 10.2 Å². The van der Waals surface area contributed by atoms with Crippen molar-refractivity contribution >= 4 is 21.8 Å². The molecule has 88 valence electrons. The highest BCUT2D eigenvalue weighted by molar-refractivity contribution is 9.09. The molecule has 1 atom stereocenters. The molecule has 1 N–H and O–H groups in total. The summed E-state index contributed by atoms with van der Waals surface area (Å²) in [5, 5.41) is 11.9. The Morgan fingerprint density at radius 1 is 1.62 bits per heavy atom. The van der Waals surface area contributed by atoms with Crippen LogP contribution in [0.25, 0.3) is 0 Å². The zero-order valence-corrected chi connectivity index (χ0v) is 10.8. The van der Waals surface area contributed by atoms with Crippen molar-refractivity contribution in [2.75, 3.05) is 5.33 Å². The smallest absolute Gasteiger partial charge is 0.221 e. The van der Waals surface area contributed by atoms with Gasteiger partial charge in [-0.1, -0.05) is 15.9 Å². The van der Waals surface area contributed by atoms with Crippen LogP contribution < -0.4 is 5.32 Å². The molecule has 0 saturated heterocycles. The minimum atomic E-state index is -0.0640. The number of nitrogens with zero attached hydrogens (tertiary/aromatic N) is 3. The second kappa shape index (κ2) is 4.95. The minimum Gasteiger partial charge on any atom is -0.346 e. The lowest BCUT2D eigenvalue weighted by atomic mass is 10.3. The van der Waals surface area contributed by atoms with E-state index in [1.54, 1.807) is 0 Å². The van der Waals surface area contributed by atoms with Crippen molar-refractivity contribution in [1.29, 1.82) is 0 Å². The van der Waals surface area contributed by atoms with Crippen molar-refractivity contribution in [1.82, 2.24) is 20.1 Å². The van der Waals surface area contributed by atoms with Crippen molar-refractivity contribution in [2.24, 2.45) is 0 Å². The first-order chi connectivity index (χ1) is 7.72. The molecule has 6 heteroatoms. The van der Waals surface area contributed by atoms with Crippen LogP contribution >= 0.6 is 15.9 Å². The van der Waals surface area contributed by atoms with Gasteiger partial charge in [0.05, 0.1) is 6.04 Å². The number of hydrogen-bond acceptors (Lipinski definition) is 3. The first-order valence-electron chi connectivity index (χ1n) is 5.49. The van der Waals surface area contributed by atoms with E-state index < -0.39 is 0 Å². The van der Waals surface area contributed by atoms with Crippen LogP contribution in [0.3, 0.4) is 0 Å². The highest BCUT2D eigenvalue weighted by Crippen LogP contribution is 2.18. The summed E-state index contributed by atoms with van der Waals surface area (Å²) in [6.07, 6.45) is 2.61. The summed E-state index contributed by atoms with van der Waals surface area (Å²) < 4.78 is 2.11. The van der Waals surface area contributed by atoms with Gasteiger partial charge in [-0.2, -0.15) is 0 Å². The van der Waals surface area contributed by atoms with E-state index in [-0.39, 0.29) is 11.9 Å². The highest BCUT2D eigenvalue weighted by Gasteiger charge is 2.21. The lowest BCUT2D eigenvalue weighted by Gasteiger charge is -2.13. The molecule has 1 aliphatic rings. The Bertz CT molecular complexity index is 390. The molecule has 1 unspecified atom stereocenters. The van der Waals surface area contributed by atoms with Crippen molar-refractivity contribution in [3.05, 3.63) is 11.6 Å². The lowest BCUT2D eigenvalue weighted by molar-refractivity contribution is -0.121. The first-order valence-corrected chi connectivity index (χ1v) is 6.62. The van der Waals surface area contributed by atoms with Gasteiger partial charge in [0.25, 0.3) is 0 Å². The van der Waals surface area contributed by atoms with Gasteiger partial charge >= 0.3 is 0 Å². The van der Waals surface area contributed by atoms with Gasteiger partial charge in [0.1, 0.15) is 5.82 Å². The normalized spacial score (nSPS) is 15.9. The Labute approximate surface area is 103 Å². The topological polar surface area (TPSA) is 59.8 Å². The zero-order chi connectivity index (χ0) is 11.5. The van der Waals surface area contributed by atoms with Crippen LogP contribution in [0.5, 0.6) is 0 Å². The summed E-state index contributed by atoms with van der Waals surface area (Å²) in [5.74, 6) is 1.95. The number of halogens is 1. The van der Waals surface area contributed by atoms with Crippen LogP contribution in [-0.4, -0.2) is 26.0 Å². The van der Waals surface area contributed by atoms with Crippen LogP contribution in [0, 0.1) is 0 Å². The van der Waals surface area contributed by atoms with E-state index >= 15 is 0 Å². The predicted molar refractivity (Wildman–Crippen MR) is 63.3 cm³/mol. The number of carbonyl (C=O) groups is 1. The average molecular weight is 287 g/mol. The molecule has 0 saturated carbocycles. The summed E-state index contributed by atoms with van der Waals surface area (Å²) in [7, 11) is 0. The van der Waals surface area contributed by atoms with E-state index in [2.05, 4.69) is 36.0 Å². The fraction of sp³-hybridized carbons (Fsp3) is 0.700. The number of nitrogens with one attached hydrogen (secondary N) is 1. The molecule has 1 aliphatic heterocycles. The largest absolute Gasteiger partial charge is 0.346 e. The van der Waals surface area contributed by atoms with E-state index in [0.717, 1.165) is 31.0 Å². The average Bonchev–Trinajstić information content (AvgIpc) is 2.77. The molecule has 5 nitrogen and oxygen atoms in total. The number of aromatic nitrogens is 3. The van der Waals surface area contributed by atoms with E-state index in [9.17, 15) is 4.79 Å². The molecule has 0 fully saturated rings. The molecular formula is C10H15BrN4O. The fourth-order valence-corrected chi connectivity index (χ4v) is 2.32. The van der Waals surface area contributed by atoms with Gasteiger partial charge in [0.2, 0.25) is 5.91 Å². The monoisotopic (exact) mass is 286 g/mol. The minimum absolute atomic E-state index is 0.0414. The number of fused-ring (bicyclic) bond motifs is 1. The maximum atomic E-state index is 11.5. The molecule has 0 aliphatic carbocycles. The molecule has 0 aromatic carbocycles. The van der Waals surface area contributed by atoms with E-state index in [4.69, 9.17) is 0 Å². The number of aryl methyl sites for hydroxylation is 1. The Morgan fingerprint density at radius 3 is 3.19 bits per heavy atom. The summed E-state index contributed by atoms with van der Waals surface area (Å²) in [5.41, 5.74) is 0. The molecule has 1 aromatic rings. The Hall–Kier alpha value is -0.910. The van der Waals surface area contributed by atoms with Crippen molar-refractivity contribution in [3.8, 4) is 0 Å². The van der Waals surface area contributed by atoms with Crippen LogP contribution in [0.1, 0.15) is 37.5 Å². The molecule has 2 heterocycles. The van der Waals surface area contributed by atoms with E-state index in [1.165, 1.54) is 0 Å². The lowest BCUT2D eigenvalue weighted by Crippen LogP contribution is -2.28. The molecular weight excluding hydrogens is 272 g/mol. The molecule has 2 rings (SSSR count). The van der Waals surface area contributed by atoms with Crippen LogP contribution in [-0.2, 0) is 17.8 Å². The molecule has 0 spiro atoms. The first kappa shape index (κ1) is 11.6. The third-order valence-corrected chi connectivity index (χ3v) is 3.12. The fourth-order valence-electron chi connectivity index (χ4n) is 1.96. The molecule has 1 amide bonds. The van der Waals surface area contributed by atoms with Crippen LogP contribution in [0.4, 0.5) is 0 Å². The summed E-state index contributed by atoms with van der Waals surface area (Å²) in [6.45, 7) is 2.91. The Balaban J connectivity index is 2.03. The highest BCUT2D eigenvalue weighted by atomic mass is 79.9. The molecule has 0 bridgehead atoms. The number of alkyl halides is 1. The Morgan fingerprint density at radius 2 is 2.44 bits per heavy atom. The summed E-state index contributed by atoms with van der Waals surface area (Å²) >= 11 is 3.24. The predicted octanol–water partition coefficient (Wildman–Crippen LogP) is 1.19. The van der Waals surface area contributed by atoms with Crippen molar-refractivity contribution in [2.45, 2.75) is 38.8 Å². The van der Waals surface area contributed by atoms with Gasteiger partial charge in [-0.3, -0.25) is 4.79 Å². The van der Waals surface area contributed by atoms with Gasteiger partial charge in [0.15, 0.2) is 5.82 Å². The van der Waals surface area contributed by atoms with Gasteiger partial charge in [-0.25, -0.2) is 0 Å². The number of hydrogen-bond donors (Lipinski definition) is 1. The molecule has 16 heavy (non-hydrogen) atoms. The standard InChI is InChI=1S/C10H15BrN4O/c1-7(12-9(16)4-5-11)10-14-13-8-3-2-6-15(8)10/h7H,2-6H2,1H3,(H,12,16). The third kappa shape index (κ3) is 2.26. The summed E-state index contributed by atoms with van der Waals surface area (Å²) in [4.78, 5) is 11.5. The number of amides is 1. The second-order valence-electron chi connectivity index (χ2n) is 3.96. The quantitative estimate of drug-likeness (QED) is 0.846. The molecule has 1 aromatic heterocycles. The van der Waals surface area contributed by atoms with Gasteiger partial charge < -0.3 is 9.88 Å². The van der Waals surface area contributed by atoms with E-state index in [1.807, 2.05) is 6.92 Å². The van der Waals surface area contributed by atoms with Crippen molar-refractivity contribution < 1.29 is 4.79 Å². The van der Waals surface area contributed by atoms with Crippen molar-refractivity contribution in [3.63, 3.8) is 0 Å². The zero-order valence-electron chi connectivity index (χ0n) is 9.24. The van der Waals surface area contributed by atoms with Gasteiger partial charge in [-0.05, 0) is 13.3 Å². The third-order valence-electron chi connectivity index (χ3n) is 2.72. The van der Waals surface area contributed by atoms with Gasteiger partial charge in [0, 0.05) is 24.7 Å². The van der Waals surface area contributed by atoms with E-state index in [0.29, 0.717) is 11.8 Å². The number of rotatable bonds is 4. The Kier molecular flexibility index (Phi) is 3.58. The molecule has 0 radical (unpaired) electrons. The SMILES string of the molecule is CC(NC(=O)CCBr)c1nnc2n1CCC2. The number of carbonyl (C=O) groups excluding carboxylic acids is 1. The maximum Gasteiger partial charge on any atom is 0.221 e. The maximum absolute atomic E-state index is 11.5. The van der Waals surface area contributed by atoms with Crippen LogP contribution in [0.15, 0.2) is 0 Å².